The van der Waals surface area contributed by atoms with Crippen LogP contribution < -0.4 is 5.73 Å². The van der Waals surface area contributed by atoms with Gasteiger partial charge in [0.2, 0.25) is 0 Å². The lowest BCUT2D eigenvalue weighted by atomic mass is 10.0. The molecule has 0 amide bonds. The van der Waals surface area contributed by atoms with Crippen LogP contribution in [0.1, 0.15) is 29.5 Å². The molecule has 1 unspecified atom stereocenters. The van der Waals surface area contributed by atoms with Crippen molar-refractivity contribution in [1.29, 1.82) is 0 Å². The summed E-state index contributed by atoms with van der Waals surface area (Å²) in [7, 11) is 0. The lowest BCUT2D eigenvalue weighted by Gasteiger charge is -2.10. The highest BCUT2D eigenvalue weighted by Gasteiger charge is 2.07. The Kier molecular flexibility index (Phi) is 4.09. The highest BCUT2D eigenvalue weighted by atomic mass is 32.1. The number of hydrogen-bond acceptors (Lipinski definition) is 3. The summed E-state index contributed by atoms with van der Waals surface area (Å²) in [4.78, 5) is 4.66. The van der Waals surface area contributed by atoms with Crippen molar-refractivity contribution in [2.45, 2.75) is 25.3 Å². The summed E-state index contributed by atoms with van der Waals surface area (Å²) in [5, 5.41) is 1.21. The van der Waals surface area contributed by atoms with Crippen molar-refractivity contribution >= 4 is 21.6 Å². The van der Waals surface area contributed by atoms with E-state index in [0.717, 1.165) is 24.8 Å². The predicted molar refractivity (Wildman–Crippen MR) is 85.9 cm³/mol. The summed E-state index contributed by atoms with van der Waals surface area (Å²) in [5.41, 5.74) is 8.55. The second-order valence-corrected chi connectivity index (χ2v) is 6.10. The molecule has 2 nitrogen and oxygen atoms in total. The van der Waals surface area contributed by atoms with Crippen LogP contribution in [0.3, 0.4) is 0 Å². The highest BCUT2D eigenvalue weighted by molar-refractivity contribution is 7.18. The first kappa shape index (κ1) is 13.3. The van der Waals surface area contributed by atoms with Crippen LogP contribution in [0.15, 0.2) is 54.6 Å². The van der Waals surface area contributed by atoms with E-state index in [-0.39, 0.29) is 6.04 Å². The maximum atomic E-state index is 6.22. The van der Waals surface area contributed by atoms with Crippen LogP contribution in [0.2, 0.25) is 0 Å². The van der Waals surface area contributed by atoms with E-state index in [1.807, 2.05) is 24.3 Å². The highest BCUT2D eigenvalue weighted by Crippen LogP contribution is 2.24. The normalized spacial score (nSPS) is 12.7. The average Bonchev–Trinajstić information content (AvgIpc) is 2.90. The minimum atomic E-state index is 0.130. The molecule has 0 bridgehead atoms. The number of fused-ring (bicyclic) bond motifs is 1. The zero-order valence-electron chi connectivity index (χ0n) is 11.3. The van der Waals surface area contributed by atoms with Gasteiger partial charge in [-0.3, -0.25) is 0 Å². The van der Waals surface area contributed by atoms with Gasteiger partial charge in [0, 0.05) is 6.04 Å². The molecule has 2 N–H and O–H groups in total. The zero-order chi connectivity index (χ0) is 13.8. The minimum Gasteiger partial charge on any atom is -0.324 e. The van der Waals surface area contributed by atoms with E-state index in [4.69, 9.17) is 5.73 Å². The fourth-order valence-electron chi connectivity index (χ4n) is 2.37. The zero-order valence-corrected chi connectivity index (χ0v) is 12.1. The lowest BCUT2D eigenvalue weighted by Crippen LogP contribution is -2.10. The first-order valence-electron chi connectivity index (χ1n) is 6.98. The van der Waals surface area contributed by atoms with E-state index in [0.29, 0.717) is 0 Å². The van der Waals surface area contributed by atoms with E-state index in [1.165, 1.54) is 15.3 Å². The van der Waals surface area contributed by atoms with Crippen molar-refractivity contribution in [3.05, 3.63) is 65.2 Å². The second-order valence-electron chi connectivity index (χ2n) is 4.98. The molecule has 0 saturated carbocycles. The van der Waals surface area contributed by atoms with E-state index in [9.17, 15) is 0 Å². The van der Waals surface area contributed by atoms with Gasteiger partial charge in [0.05, 0.1) is 15.2 Å². The van der Waals surface area contributed by atoms with Gasteiger partial charge in [0.1, 0.15) is 0 Å². The number of aromatic nitrogens is 1. The van der Waals surface area contributed by atoms with Crippen LogP contribution >= 0.6 is 11.3 Å². The van der Waals surface area contributed by atoms with Crippen molar-refractivity contribution in [1.82, 2.24) is 4.98 Å². The maximum absolute atomic E-state index is 6.22. The Balaban J connectivity index is 1.57. The SMILES string of the molecule is NC(CCCc1nc2ccccc2s1)c1ccccc1. The minimum absolute atomic E-state index is 0.130. The number of hydrogen-bond donors (Lipinski definition) is 1. The third kappa shape index (κ3) is 3.06. The topological polar surface area (TPSA) is 38.9 Å². The summed E-state index contributed by atoms with van der Waals surface area (Å²) >= 11 is 1.79. The van der Waals surface area contributed by atoms with E-state index in [1.54, 1.807) is 11.3 Å². The van der Waals surface area contributed by atoms with Crippen LogP contribution in [0.5, 0.6) is 0 Å². The Morgan fingerprint density at radius 3 is 2.55 bits per heavy atom. The molecule has 0 saturated heterocycles. The first-order chi connectivity index (χ1) is 9.83. The molecular formula is C17H18N2S. The fraction of sp³-hybridized carbons (Fsp3) is 0.235. The molecule has 20 heavy (non-hydrogen) atoms. The number of para-hydroxylation sites is 1. The Morgan fingerprint density at radius 1 is 1.00 bits per heavy atom. The summed E-state index contributed by atoms with van der Waals surface area (Å²) in [6.45, 7) is 0. The van der Waals surface area contributed by atoms with Crippen LogP contribution in [-0.4, -0.2) is 4.98 Å². The van der Waals surface area contributed by atoms with Crippen molar-refractivity contribution in [2.24, 2.45) is 5.73 Å². The summed E-state index contributed by atoms with van der Waals surface area (Å²) < 4.78 is 1.27. The lowest BCUT2D eigenvalue weighted by molar-refractivity contribution is 0.611. The number of nitrogens with zero attached hydrogens (tertiary/aromatic N) is 1. The fourth-order valence-corrected chi connectivity index (χ4v) is 3.38. The van der Waals surface area contributed by atoms with Crippen LogP contribution in [-0.2, 0) is 6.42 Å². The number of nitrogens with two attached hydrogens (primary N) is 1. The first-order valence-corrected chi connectivity index (χ1v) is 7.79. The van der Waals surface area contributed by atoms with Gasteiger partial charge in [0.15, 0.2) is 0 Å². The third-order valence-corrected chi connectivity index (χ3v) is 4.57. The molecule has 0 fully saturated rings. The van der Waals surface area contributed by atoms with Gasteiger partial charge in [-0.2, -0.15) is 0 Å². The van der Waals surface area contributed by atoms with Crippen molar-refractivity contribution < 1.29 is 0 Å². The second kappa shape index (κ2) is 6.16. The van der Waals surface area contributed by atoms with Crippen LogP contribution in [0, 0.1) is 0 Å². The van der Waals surface area contributed by atoms with Gasteiger partial charge in [-0.15, -0.1) is 11.3 Å². The standard InChI is InChI=1S/C17H18N2S/c18-14(13-7-2-1-3-8-13)9-6-12-17-19-15-10-4-5-11-16(15)20-17/h1-5,7-8,10-11,14H,6,9,12,18H2. The smallest absolute Gasteiger partial charge is 0.0938 e. The van der Waals surface area contributed by atoms with Gasteiger partial charge in [0.25, 0.3) is 0 Å². The Morgan fingerprint density at radius 2 is 1.75 bits per heavy atom. The molecule has 2 aromatic carbocycles. The maximum Gasteiger partial charge on any atom is 0.0938 e. The van der Waals surface area contributed by atoms with Crippen molar-refractivity contribution in [3.8, 4) is 0 Å². The Hall–Kier alpha value is -1.71. The molecule has 0 radical (unpaired) electrons. The largest absolute Gasteiger partial charge is 0.324 e. The van der Waals surface area contributed by atoms with E-state index < -0.39 is 0 Å². The number of aryl methyl sites for hydroxylation is 1. The quantitative estimate of drug-likeness (QED) is 0.757. The van der Waals surface area contributed by atoms with Crippen LogP contribution in [0.4, 0.5) is 0 Å². The van der Waals surface area contributed by atoms with Gasteiger partial charge >= 0.3 is 0 Å². The predicted octanol–water partition coefficient (Wildman–Crippen LogP) is 4.32. The van der Waals surface area contributed by atoms with Gasteiger partial charge in [-0.05, 0) is 37.0 Å². The summed E-state index contributed by atoms with van der Waals surface area (Å²) in [5.74, 6) is 0. The molecule has 0 aliphatic heterocycles. The van der Waals surface area contributed by atoms with Crippen molar-refractivity contribution in [3.63, 3.8) is 0 Å². The molecule has 0 aliphatic rings. The Labute approximate surface area is 123 Å². The number of thiazole rings is 1. The van der Waals surface area contributed by atoms with Crippen molar-refractivity contribution in [2.75, 3.05) is 0 Å². The monoisotopic (exact) mass is 282 g/mol. The van der Waals surface area contributed by atoms with E-state index in [2.05, 4.69) is 35.3 Å². The molecule has 1 atom stereocenters. The molecule has 1 heterocycles. The average molecular weight is 282 g/mol. The van der Waals surface area contributed by atoms with Gasteiger partial charge in [-0.25, -0.2) is 4.98 Å². The summed E-state index contributed by atoms with van der Waals surface area (Å²) in [6.07, 6.45) is 3.09. The molecule has 0 aliphatic carbocycles. The Bertz CT molecular complexity index is 643. The van der Waals surface area contributed by atoms with Gasteiger partial charge < -0.3 is 5.73 Å². The summed E-state index contributed by atoms with van der Waals surface area (Å²) in [6, 6.07) is 18.8. The molecule has 3 aromatic rings. The molecule has 3 rings (SSSR count). The molecule has 3 heteroatoms. The number of rotatable bonds is 5. The third-order valence-electron chi connectivity index (χ3n) is 3.47. The number of benzene rings is 2. The molecular weight excluding hydrogens is 264 g/mol. The van der Waals surface area contributed by atoms with Crippen LogP contribution in [0.25, 0.3) is 10.2 Å². The molecule has 0 spiro atoms. The molecule has 1 aromatic heterocycles. The molecule has 102 valence electrons. The van der Waals surface area contributed by atoms with Gasteiger partial charge in [-0.1, -0.05) is 42.5 Å². The van der Waals surface area contributed by atoms with E-state index >= 15 is 0 Å².